The molecule has 7 nitrogen and oxygen atoms in total. The molecule has 1 saturated heterocycles. The Bertz CT molecular complexity index is 1790. The van der Waals surface area contributed by atoms with Gasteiger partial charge in [-0.2, -0.15) is 0 Å². The van der Waals surface area contributed by atoms with Crippen molar-refractivity contribution in [1.29, 1.82) is 0 Å². The third-order valence-corrected chi connectivity index (χ3v) is 10.3. The molecule has 1 atom stereocenters. The van der Waals surface area contributed by atoms with Gasteiger partial charge in [-0.1, -0.05) is 74.8 Å². The first-order valence-electron chi connectivity index (χ1n) is 14.3. The molecule has 1 aliphatic rings. The lowest BCUT2D eigenvalue weighted by molar-refractivity contribution is 0.0246. The number of carbonyl (C=O) groups is 1. The molecular weight excluding hydrogens is 582 g/mol. The smallest absolute Gasteiger partial charge is 0.408 e. The minimum Gasteiger partial charge on any atom is -0.465 e. The van der Waals surface area contributed by atoms with E-state index in [1.54, 1.807) is 23.1 Å². The third kappa shape index (κ3) is 5.36. The summed E-state index contributed by atoms with van der Waals surface area (Å²) in [5, 5.41) is 10.9. The van der Waals surface area contributed by atoms with E-state index in [1.165, 1.54) is 6.26 Å². The fourth-order valence-corrected chi connectivity index (χ4v) is 7.57. The van der Waals surface area contributed by atoms with Gasteiger partial charge in [0.2, 0.25) is 0 Å². The summed E-state index contributed by atoms with van der Waals surface area (Å²) in [5.74, 6) is 0.739. The maximum absolute atomic E-state index is 12.6. The maximum Gasteiger partial charge on any atom is 0.408 e. The molecule has 0 saturated carbocycles. The summed E-state index contributed by atoms with van der Waals surface area (Å²) in [4.78, 5) is 19.7. The van der Waals surface area contributed by atoms with Crippen LogP contribution in [0.2, 0.25) is 5.02 Å². The number of carboxylic acid groups (broad SMARTS) is 1. The fourth-order valence-electron chi connectivity index (χ4n) is 6.53. The molecule has 1 unspecified atom stereocenters. The Morgan fingerprint density at radius 3 is 2.23 bits per heavy atom. The van der Waals surface area contributed by atoms with Crippen LogP contribution < -0.4 is 0 Å². The molecule has 4 aromatic rings. The summed E-state index contributed by atoms with van der Waals surface area (Å²) in [7, 11) is -3.34. The van der Waals surface area contributed by atoms with Gasteiger partial charge in [0.15, 0.2) is 9.84 Å². The Kier molecular flexibility index (Phi) is 7.76. The normalized spacial score (nSPS) is 17.8. The zero-order valence-corrected chi connectivity index (χ0v) is 27.0. The molecule has 1 aromatic heterocycles. The molecule has 0 aliphatic carbocycles. The molecule has 2 heterocycles. The number of benzene rings is 3. The minimum atomic E-state index is -3.34. The van der Waals surface area contributed by atoms with Crippen molar-refractivity contribution in [3.05, 3.63) is 101 Å². The largest absolute Gasteiger partial charge is 0.465 e. The number of hydrogen-bond donors (Lipinski definition) is 1. The van der Waals surface area contributed by atoms with Gasteiger partial charge in [0.05, 0.1) is 16.1 Å². The third-order valence-electron chi connectivity index (χ3n) is 8.83. The van der Waals surface area contributed by atoms with Gasteiger partial charge in [-0.05, 0) is 79.1 Å². The van der Waals surface area contributed by atoms with Gasteiger partial charge in [0.1, 0.15) is 5.82 Å². The summed E-state index contributed by atoms with van der Waals surface area (Å²) in [6.07, 6.45) is 3.66. The van der Waals surface area contributed by atoms with Gasteiger partial charge >= 0.3 is 6.09 Å². The Hall–Kier alpha value is -3.62. The van der Waals surface area contributed by atoms with Crippen molar-refractivity contribution in [3.63, 3.8) is 0 Å². The SMILES string of the molecule is CC(C)(c1ccccc1Cl)c1nc(C2(C(C)(C)C)CCCN2C(=O)O)cn1-c1ccc(-c2cccc(S(C)(=O)=O)c2)cc1. The second kappa shape index (κ2) is 10.8. The van der Waals surface area contributed by atoms with Crippen LogP contribution in [-0.4, -0.2) is 46.9 Å². The van der Waals surface area contributed by atoms with Crippen LogP contribution in [0.3, 0.4) is 0 Å². The predicted octanol–water partition coefficient (Wildman–Crippen LogP) is 7.94. The van der Waals surface area contributed by atoms with Crippen LogP contribution in [-0.2, 0) is 20.8 Å². The van der Waals surface area contributed by atoms with E-state index in [0.29, 0.717) is 23.7 Å². The van der Waals surface area contributed by atoms with E-state index in [4.69, 9.17) is 16.6 Å². The lowest BCUT2D eigenvalue weighted by Crippen LogP contribution is -2.53. The Labute approximate surface area is 259 Å². The summed E-state index contributed by atoms with van der Waals surface area (Å²) in [6.45, 7) is 10.8. The highest BCUT2D eigenvalue weighted by atomic mass is 35.5. The number of amides is 1. The van der Waals surface area contributed by atoms with Crippen LogP contribution >= 0.6 is 11.6 Å². The lowest BCUT2D eigenvalue weighted by Gasteiger charge is -2.46. The van der Waals surface area contributed by atoms with E-state index in [1.807, 2.05) is 65.4 Å². The number of nitrogens with zero attached hydrogens (tertiary/aromatic N) is 3. The first kappa shape index (κ1) is 30.8. The molecule has 5 rings (SSSR count). The van der Waals surface area contributed by atoms with E-state index in [-0.39, 0.29) is 4.90 Å². The second-order valence-corrected chi connectivity index (χ2v) is 15.3. The highest BCUT2D eigenvalue weighted by Crippen LogP contribution is 2.52. The van der Waals surface area contributed by atoms with E-state index >= 15 is 0 Å². The van der Waals surface area contributed by atoms with Crippen molar-refractivity contribution in [2.45, 2.75) is 63.3 Å². The number of imidazole rings is 1. The highest BCUT2D eigenvalue weighted by Gasteiger charge is 2.55. The molecule has 3 aromatic carbocycles. The van der Waals surface area contributed by atoms with Crippen molar-refractivity contribution < 1.29 is 18.3 Å². The highest BCUT2D eigenvalue weighted by molar-refractivity contribution is 7.90. The minimum absolute atomic E-state index is 0.268. The van der Waals surface area contributed by atoms with Crippen LogP contribution in [0, 0.1) is 5.41 Å². The van der Waals surface area contributed by atoms with Crippen LogP contribution in [0.4, 0.5) is 4.79 Å². The Morgan fingerprint density at radius 1 is 0.953 bits per heavy atom. The standard InChI is InChI=1S/C34H38ClN3O4S/c1-32(2,3)34(19-10-20-38(34)31(39)40)29-22-37(30(36-29)33(4,5)27-13-7-8-14-28(27)35)25-17-15-23(16-18-25)24-11-9-12-26(21-24)43(6,41)42/h7-9,11-18,21-22H,10,19-20H2,1-6H3,(H,39,40). The van der Waals surface area contributed by atoms with Crippen LogP contribution in [0.25, 0.3) is 16.8 Å². The number of rotatable bonds is 6. The number of hydrogen-bond acceptors (Lipinski definition) is 4. The van der Waals surface area contributed by atoms with Crippen molar-refractivity contribution in [1.82, 2.24) is 14.5 Å². The molecule has 1 amide bonds. The molecule has 9 heteroatoms. The summed E-state index contributed by atoms with van der Waals surface area (Å²) in [6, 6.07) is 22.5. The van der Waals surface area contributed by atoms with E-state index in [2.05, 4.69) is 34.6 Å². The molecular formula is C34H38ClN3O4S. The van der Waals surface area contributed by atoms with Crippen LogP contribution in [0.1, 0.15) is 64.5 Å². The molecule has 226 valence electrons. The average molecular weight is 620 g/mol. The van der Waals surface area contributed by atoms with Gasteiger partial charge < -0.3 is 9.67 Å². The van der Waals surface area contributed by atoms with Crippen LogP contribution in [0.15, 0.2) is 83.9 Å². The van der Waals surface area contributed by atoms with Gasteiger partial charge in [0, 0.05) is 35.1 Å². The van der Waals surface area contributed by atoms with Crippen molar-refractivity contribution >= 4 is 27.5 Å². The number of likely N-dealkylation sites (tertiary alicyclic amines) is 1. The quantitative estimate of drug-likeness (QED) is 0.236. The van der Waals surface area contributed by atoms with Gasteiger partial charge in [0.25, 0.3) is 0 Å². The number of aromatic nitrogens is 2. The summed E-state index contributed by atoms with van der Waals surface area (Å²) >= 11 is 6.72. The van der Waals surface area contributed by atoms with Crippen molar-refractivity contribution in [3.8, 4) is 16.8 Å². The van der Waals surface area contributed by atoms with Gasteiger partial charge in [-0.15, -0.1) is 0 Å². The monoisotopic (exact) mass is 619 g/mol. The van der Waals surface area contributed by atoms with Gasteiger partial charge in [-0.3, -0.25) is 4.90 Å². The Morgan fingerprint density at radius 2 is 1.63 bits per heavy atom. The number of sulfone groups is 1. The molecule has 1 N–H and O–H groups in total. The zero-order chi connectivity index (χ0) is 31.4. The molecule has 0 spiro atoms. The maximum atomic E-state index is 12.6. The van der Waals surface area contributed by atoms with Gasteiger partial charge in [-0.25, -0.2) is 18.2 Å². The molecule has 43 heavy (non-hydrogen) atoms. The van der Waals surface area contributed by atoms with E-state index in [9.17, 15) is 18.3 Å². The Balaban J connectivity index is 1.70. The average Bonchev–Trinajstić information content (AvgIpc) is 3.59. The topological polar surface area (TPSA) is 92.5 Å². The molecule has 1 fully saturated rings. The first-order valence-corrected chi connectivity index (χ1v) is 16.6. The van der Waals surface area contributed by atoms with Crippen LogP contribution in [0.5, 0.6) is 0 Å². The lowest BCUT2D eigenvalue weighted by atomic mass is 9.70. The second-order valence-electron chi connectivity index (χ2n) is 12.9. The summed E-state index contributed by atoms with van der Waals surface area (Å²) in [5.41, 5.74) is 2.26. The predicted molar refractivity (Wildman–Crippen MR) is 171 cm³/mol. The molecule has 0 radical (unpaired) electrons. The zero-order valence-electron chi connectivity index (χ0n) is 25.4. The van der Waals surface area contributed by atoms with Crippen molar-refractivity contribution in [2.24, 2.45) is 5.41 Å². The molecule has 0 bridgehead atoms. The fraction of sp³-hybridized carbons (Fsp3) is 0.353. The number of halogens is 1. The summed E-state index contributed by atoms with van der Waals surface area (Å²) < 4.78 is 26.3. The van der Waals surface area contributed by atoms with E-state index < -0.39 is 32.3 Å². The van der Waals surface area contributed by atoms with E-state index in [0.717, 1.165) is 34.6 Å². The molecule has 1 aliphatic heterocycles. The van der Waals surface area contributed by atoms with Crippen molar-refractivity contribution in [2.75, 3.05) is 12.8 Å². The first-order chi connectivity index (χ1) is 20.1.